The van der Waals surface area contributed by atoms with Gasteiger partial charge in [-0.3, -0.25) is 9.59 Å². The highest BCUT2D eigenvalue weighted by atomic mass is 16.4. The molecule has 0 spiro atoms. The van der Waals surface area contributed by atoms with Crippen LogP contribution in [0.5, 0.6) is 0 Å². The Hall–Kier alpha value is -1.06. The van der Waals surface area contributed by atoms with Crippen LogP contribution in [0.3, 0.4) is 0 Å². The fourth-order valence-corrected chi connectivity index (χ4v) is 1.77. The van der Waals surface area contributed by atoms with Gasteiger partial charge in [-0.25, -0.2) is 0 Å². The van der Waals surface area contributed by atoms with E-state index in [9.17, 15) is 9.59 Å². The maximum atomic E-state index is 12.0. The highest BCUT2D eigenvalue weighted by molar-refractivity contribution is 5.89. The van der Waals surface area contributed by atoms with Crippen LogP contribution in [-0.2, 0) is 9.59 Å². The van der Waals surface area contributed by atoms with E-state index in [-0.39, 0.29) is 23.3 Å². The van der Waals surface area contributed by atoms with Crippen molar-refractivity contribution in [1.82, 2.24) is 4.90 Å². The van der Waals surface area contributed by atoms with Gasteiger partial charge in [-0.2, -0.15) is 0 Å². The smallest absolute Gasteiger partial charge is 0.307 e. The van der Waals surface area contributed by atoms with Gasteiger partial charge in [0.15, 0.2) is 0 Å². The molecule has 4 nitrogen and oxygen atoms in total. The van der Waals surface area contributed by atoms with E-state index in [1.165, 1.54) is 0 Å². The second kappa shape index (κ2) is 4.07. The monoisotopic (exact) mass is 227 g/mol. The third kappa shape index (κ3) is 2.54. The molecule has 1 saturated carbocycles. The summed E-state index contributed by atoms with van der Waals surface area (Å²) in [7, 11) is 1.76. The summed E-state index contributed by atoms with van der Waals surface area (Å²) in [6, 6.07) is 0.107. The molecule has 3 atom stereocenters. The Bertz CT molecular complexity index is 306. The van der Waals surface area contributed by atoms with Crippen LogP contribution < -0.4 is 0 Å². The zero-order valence-corrected chi connectivity index (χ0v) is 10.7. The van der Waals surface area contributed by atoms with E-state index < -0.39 is 11.9 Å². The van der Waals surface area contributed by atoms with Gasteiger partial charge in [-0.05, 0) is 18.8 Å². The topological polar surface area (TPSA) is 57.6 Å². The van der Waals surface area contributed by atoms with Crippen molar-refractivity contribution in [1.29, 1.82) is 0 Å². The molecular formula is C12H21NO3. The van der Waals surface area contributed by atoms with E-state index in [0.29, 0.717) is 6.42 Å². The van der Waals surface area contributed by atoms with E-state index in [0.717, 1.165) is 0 Å². The van der Waals surface area contributed by atoms with Gasteiger partial charge in [0.2, 0.25) is 5.91 Å². The first-order valence-corrected chi connectivity index (χ1v) is 5.65. The first-order chi connectivity index (χ1) is 7.16. The average Bonchev–Trinajstić information content (AvgIpc) is 2.92. The summed E-state index contributed by atoms with van der Waals surface area (Å²) >= 11 is 0. The summed E-state index contributed by atoms with van der Waals surface area (Å²) in [6.45, 7) is 8.21. The minimum Gasteiger partial charge on any atom is -0.481 e. The predicted molar refractivity (Wildman–Crippen MR) is 60.9 cm³/mol. The summed E-state index contributed by atoms with van der Waals surface area (Å²) in [5.74, 6) is -1.64. The molecule has 1 rings (SSSR count). The number of amides is 1. The number of carboxylic acid groups (broad SMARTS) is 1. The SMILES string of the molecule is CC(N(C)C(=O)C1CC1C(=O)O)C(C)(C)C. The number of carbonyl (C=O) groups excluding carboxylic acids is 1. The van der Waals surface area contributed by atoms with E-state index in [1.807, 2.05) is 6.92 Å². The fraction of sp³-hybridized carbons (Fsp3) is 0.833. The summed E-state index contributed by atoms with van der Waals surface area (Å²) in [6.07, 6.45) is 0.495. The van der Waals surface area contributed by atoms with Crippen LogP contribution in [0.15, 0.2) is 0 Å². The Morgan fingerprint density at radius 2 is 1.81 bits per heavy atom. The molecule has 3 unspecified atom stereocenters. The number of carboxylic acids is 1. The minimum absolute atomic E-state index is 0.0119. The molecule has 1 fully saturated rings. The largest absolute Gasteiger partial charge is 0.481 e. The van der Waals surface area contributed by atoms with Gasteiger partial charge in [0.05, 0.1) is 11.8 Å². The number of nitrogens with zero attached hydrogens (tertiary/aromatic N) is 1. The Morgan fingerprint density at radius 3 is 2.12 bits per heavy atom. The van der Waals surface area contributed by atoms with Crippen molar-refractivity contribution in [3.63, 3.8) is 0 Å². The molecule has 4 heteroatoms. The van der Waals surface area contributed by atoms with Crippen molar-refractivity contribution in [3.8, 4) is 0 Å². The van der Waals surface area contributed by atoms with Crippen LogP contribution >= 0.6 is 0 Å². The second-order valence-electron chi connectivity index (χ2n) is 5.78. The molecule has 0 aromatic carbocycles. The first kappa shape index (κ1) is 13.0. The molecule has 0 bridgehead atoms. The van der Waals surface area contributed by atoms with Crippen LogP contribution in [0.2, 0.25) is 0 Å². The third-order valence-electron chi connectivity index (χ3n) is 3.61. The first-order valence-electron chi connectivity index (χ1n) is 5.65. The van der Waals surface area contributed by atoms with Crippen LogP contribution in [-0.4, -0.2) is 35.0 Å². The Kier molecular flexibility index (Phi) is 3.31. The highest BCUT2D eigenvalue weighted by Crippen LogP contribution is 2.41. The molecule has 0 aromatic rings. The van der Waals surface area contributed by atoms with Crippen molar-refractivity contribution >= 4 is 11.9 Å². The van der Waals surface area contributed by atoms with Crippen molar-refractivity contribution in [2.45, 2.75) is 40.2 Å². The van der Waals surface area contributed by atoms with Crippen molar-refractivity contribution in [3.05, 3.63) is 0 Å². The molecular weight excluding hydrogens is 206 g/mol. The van der Waals surface area contributed by atoms with Gasteiger partial charge in [0, 0.05) is 13.1 Å². The quantitative estimate of drug-likeness (QED) is 0.796. The number of hydrogen-bond donors (Lipinski definition) is 1. The molecule has 16 heavy (non-hydrogen) atoms. The molecule has 0 heterocycles. The maximum Gasteiger partial charge on any atom is 0.307 e. The van der Waals surface area contributed by atoms with E-state index >= 15 is 0 Å². The lowest BCUT2D eigenvalue weighted by molar-refractivity contribution is -0.142. The normalized spacial score (nSPS) is 26.1. The summed E-state index contributed by atoms with van der Waals surface area (Å²) in [5.41, 5.74) is 0.0119. The zero-order valence-electron chi connectivity index (χ0n) is 10.7. The number of aliphatic carboxylic acids is 1. The van der Waals surface area contributed by atoms with Crippen molar-refractivity contribution < 1.29 is 14.7 Å². The van der Waals surface area contributed by atoms with Crippen LogP contribution in [0.1, 0.15) is 34.1 Å². The van der Waals surface area contributed by atoms with Gasteiger partial charge >= 0.3 is 5.97 Å². The number of rotatable bonds is 3. The van der Waals surface area contributed by atoms with Gasteiger partial charge in [-0.1, -0.05) is 20.8 Å². The van der Waals surface area contributed by atoms with Gasteiger partial charge in [-0.15, -0.1) is 0 Å². The van der Waals surface area contributed by atoms with Gasteiger partial charge in [0.1, 0.15) is 0 Å². The molecule has 0 aliphatic heterocycles. The predicted octanol–water partition coefficient (Wildman–Crippen LogP) is 1.60. The van der Waals surface area contributed by atoms with Crippen molar-refractivity contribution in [2.24, 2.45) is 17.3 Å². The Morgan fingerprint density at radius 1 is 1.31 bits per heavy atom. The molecule has 0 radical (unpaired) electrons. The standard InChI is InChI=1S/C12H21NO3/c1-7(12(2,3)4)13(5)10(14)8-6-9(8)11(15)16/h7-9H,6H2,1-5H3,(H,15,16). The Labute approximate surface area is 96.6 Å². The second-order valence-corrected chi connectivity index (χ2v) is 5.78. The molecule has 1 aliphatic carbocycles. The van der Waals surface area contributed by atoms with E-state index in [4.69, 9.17) is 5.11 Å². The molecule has 1 N–H and O–H groups in total. The Balaban J connectivity index is 2.60. The van der Waals surface area contributed by atoms with Crippen LogP contribution in [0, 0.1) is 17.3 Å². The van der Waals surface area contributed by atoms with E-state index in [2.05, 4.69) is 20.8 Å². The number of carbonyl (C=O) groups is 2. The summed E-state index contributed by atoms with van der Waals surface area (Å²) in [5, 5.41) is 8.78. The van der Waals surface area contributed by atoms with Crippen LogP contribution in [0.25, 0.3) is 0 Å². The lowest BCUT2D eigenvalue weighted by Crippen LogP contribution is -2.44. The molecule has 0 saturated heterocycles. The fourth-order valence-electron chi connectivity index (χ4n) is 1.77. The lowest BCUT2D eigenvalue weighted by atomic mass is 9.87. The summed E-state index contributed by atoms with van der Waals surface area (Å²) in [4.78, 5) is 24.4. The lowest BCUT2D eigenvalue weighted by Gasteiger charge is -2.35. The molecule has 0 aromatic heterocycles. The van der Waals surface area contributed by atoms with Crippen LogP contribution in [0.4, 0.5) is 0 Å². The molecule has 92 valence electrons. The summed E-state index contributed by atoms with van der Waals surface area (Å²) < 4.78 is 0. The van der Waals surface area contributed by atoms with Gasteiger partial charge < -0.3 is 10.0 Å². The van der Waals surface area contributed by atoms with Gasteiger partial charge in [0.25, 0.3) is 0 Å². The molecule has 1 amide bonds. The zero-order chi connectivity index (χ0) is 12.7. The maximum absolute atomic E-state index is 12.0. The number of hydrogen-bond acceptors (Lipinski definition) is 2. The highest BCUT2D eigenvalue weighted by Gasteiger charge is 2.50. The molecule has 1 aliphatic rings. The average molecular weight is 227 g/mol. The van der Waals surface area contributed by atoms with E-state index in [1.54, 1.807) is 11.9 Å². The third-order valence-corrected chi connectivity index (χ3v) is 3.61. The minimum atomic E-state index is -0.852. The van der Waals surface area contributed by atoms with Crippen molar-refractivity contribution in [2.75, 3.05) is 7.05 Å².